The Hall–Kier alpha value is -2.11. The molecule has 116 valence electrons. The highest BCUT2D eigenvalue weighted by molar-refractivity contribution is 5.76. The number of carbonyl (C=O) groups excluding carboxylic acids is 1. The van der Waals surface area contributed by atoms with Crippen molar-refractivity contribution in [1.29, 1.82) is 0 Å². The standard InChI is InChI=1S/C15H21FN2O3/c1-9(8-12-4-6-13(16)7-5-12)17-15(21)18-11(3)10(2)14(19)20/h4-7,9-11H,8H2,1-3H3,(H,19,20)(H2,17,18,21). The zero-order valence-electron chi connectivity index (χ0n) is 12.4. The van der Waals surface area contributed by atoms with E-state index in [1.807, 2.05) is 6.92 Å². The lowest BCUT2D eigenvalue weighted by atomic mass is 10.0. The molecule has 21 heavy (non-hydrogen) atoms. The molecule has 5 nitrogen and oxygen atoms in total. The summed E-state index contributed by atoms with van der Waals surface area (Å²) >= 11 is 0. The molecule has 0 saturated carbocycles. The molecule has 6 heteroatoms. The summed E-state index contributed by atoms with van der Waals surface area (Å²) in [7, 11) is 0. The number of amides is 2. The summed E-state index contributed by atoms with van der Waals surface area (Å²) in [6.07, 6.45) is 0.566. The molecule has 0 saturated heterocycles. The van der Waals surface area contributed by atoms with Gasteiger partial charge in [0.2, 0.25) is 0 Å². The van der Waals surface area contributed by atoms with E-state index in [-0.39, 0.29) is 11.9 Å². The maximum Gasteiger partial charge on any atom is 0.315 e. The molecule has 0 aliphatic rings. The maximum atomic E-state index is 12.8. The summed E-state index contributed by atoms with van der Waals surface area (Å²) in [5.41, 5.74) is 0.913. The molecular weight excluding hydrogens is 275 g/mol. The summed E-state index contributed by atoms with van der Waals surface area (Å²) in [5, 5.41) is 14.2. The molecule has 1 aromatic rings. The predicted molar refractivity (Wildman–Crippen MR) is 77.5 cm³/mol. The van der Waals surface area contributed by atoms with Crippen LogP contribution in [0.5, 0.6) is 0 Å². The summed E-state index contributed by atoms with van der Waals surface area (Å²) < 4.78 is 12.8. The molecule has 0 spiro atoms. The molecule has 3 unspecified atom stereocenters. The van der Waals surface area contributed by atoms with Crippen LogP contribution in [-0.2, 0) is 11.2 Å². The van der Waals surface area contributed by atoms with Crippen LogP contribution in [0, 0.1) is 11.7 Å². The number of urea groups is 1. The van der Waals surface area contributed by atoms with Crippen LogP contribution in [0.4, 0.5) is 9.18 Å². The lowest BCUT2D eigenvalue weighted by Crippen LogP contribution is -2.48. The second-order valence-electron chi connectivity index (χ2n) is 5.27. The molecule has 1 aromatic carbocycles. The van der Waals surface area contributed by atoms with Crippen LogP contribution < -0.4 is 10.6 Å². The number of carboxylic acid groups (broad SMARTS) is 1. The Kier molecular flexibility index (Phi) is 6.14. The number of aliphatic carboxylic acids is 1. The van der Waals surface area contributed by atoms with E-state index < -0.39 is 24.0 Å². The molecule has 0 aliphatic carbocycles. The first-order valence-corrected chi connectivity index (χ1v) is 6.84. The Bertz CT molecular complexity index is 490. The van der Waals surface area contributed by atoms with E-state index in [2.05, 4.69) is 10.6 Å². The average Bonchev–Trinajstić information content (AvgIpc) is 2.39. The third-order valence-electron chi connectivity index (χ3n) is 3.33. The zero-order chi connectivity index (χ0) is 16.0. The first-order valence-electron chi connectivity index (χ1n) is 6.84. The molecular formula is C15H21FN2O3. The number of nitrogens with one attached hydrogen (secondary N) is 2. The van der Waals surface area contributed by atoms with Gasteiger partial charge in [-0.15, -0.1) is 0 Å². The van der Waals surface area contributed by atoms with Crippen LogP contribution in [0.15, 0.2) is 24.3 Å². The lowest BCUT2D eigenvalue weighted by Gasteiger charge is -2.20. The van der Waals surface area contributed by atoms with Gasteiger partial charge in [-0.1, -0.05) is 12.1 Å². The van der Waals surface area contributed by atoms with E-state index in [1.54, 1.807) is 19.1 Å². The Labute approximate surface area is 123 Å². The number of carbonyl (C=O) groups is 2. The molecule has 1 rings (SSSR count). The van der Waals surface area contributed by atoms with E-state index in [4.69, 9.17) is 5.11 Å². The van der Waals surface area contributed by atoms with Crippen molar-refractivity contribution in [3.05, 3.63) is 35.6 Å². The molecule has 3 N–H and O–H groups in total. The van der Waals surface area contributed by atoms with E-state index in [0.717, 1.165) is 5.56 Å². The van der Waals surface area contributed by atoms with Crippen LogP contribution in [0.1, 0.15) is 26.3 Å². The SMILES string of the molecule is CC(Cc1ccc(F)cc1)NC(=O)NC(C)C(C)C(=O)O. The van der Waals surface area contributed by atoms with Gasteiger partial charge in [-0.2, -0.15) is 0 Å². The van der Waals surface area contributed by atoms with Crippen molar-refractivity contribution < 1.29 is 19.1 Å². The van der Waals surface area contributed by atoms with Gasteiger partial charge in [0, 0.05) is 12.1 Å². The molecule has 3 atom stereocenters. The van der Waals surface area contributed by atoms with Crippen LogP contribution in [0.2, 0.25) is 0 Å². The van der Waals surface area contributed by atoms with Crippen molar-refractivity contribution in [1.82, 2.24) is 10.6 Å². The Morgan fingerprint density at radius 1 is 1.14 bits per heavy atom. The van der Waals surface area contributed by atoms with Crippen LogP contribution in [0.25, 0.3) is 0 Å². The Balaban J connectivity index is 2.43. The fraction of sp³-hybridized carbons (Fsp3) is 0.467. The fourth-order valence-corrected chi connectivity index (χ4v) is 1.84. The van der Waals surface area contributed by atoms with Gasteiger partial charge in [-0.25, -0.2) is 9.18 Å². The molecule has 2 amide bonds. The normalized spacial score (nSPS) is 14.9. The predicted octanol–water partition coefficient (Wildman–Crippen LogP) is 2.17. The zero-order valence-corrected chi connectivity index (χ0v) is 12.4. The van der Waals surface area contributed by atoms with Crippen molar-refractivity contribution in [2.45, 2.75) is 39.3 Å². The quantitative estimate of drug-likeness (QED) is 0.752. The minimum Gasteiger partial charge on any atom is -0.481 e. The number of hydrogen-bond donors (Lipinski definition) is 3. The van der Waals surface area contributed by atoms with Gasteiger partial charge in [0.05, 0.1) is 5.92 Å². The number of benzene rings is 1. The van der Waals surface area contributed by atoms with Crippen molar-refractivity contribution in [3.8, 4) is 0 Å². The first kappa shape index (κ1) is 16.9. The van der Waals surface area contributed by atoms with Gasteiger partial charge < -0.3 is 15.7 Å². The summed E-state index contributed by atoms with van der Waals surface area (Å²) in [6, 6.07) is 5.05. The van der Waals surface area contributed by atoms with Crippen LogP contribution >= 0.6 is 0 Å². The van der Waals surface area contributed by atoms with Crippen molar-refractivity contribution >= 4 is 12.0 Å². The number of hydrogen-bond acceptors (Lipinski definition) is 2. The van der Waals surface area contributed by atoms with Crippen molar-refractivity contribution in [2.24, 2.45) is 5.92 Å². The highest BCUT2D eigenvalue weighted by atomic mass is 19.1. The average molecular weight is 296 g/mol. The van der Waals surface area contributed by atoms with E-state index in [1.165, 1.54) is 19.1 Å². The molecule has 0 heterocycles. The third kappa shape index (κ3) is 5.81. The van der Waals surface area contributed by atoms with E-state index in [9.17, 15) is 14.0 Å². The number of carboxylic acids is 1. The van der Waals surface area contributed by atoms with E-state index >= 15 is 0 Å². The van der Waals surface area contributed by atoms with Crippen molar-refractivity contribution in [2.75, 3.05) is 0 Å². The fourth-order valence-electron chi connectivity index (χ4n) is 1.84. The van der Waals surface area contributed by atoms with Gasteiger partial charge in [0.15, 0.2) is 0 Å². The summed E-state index contributed by atoms with van der Waals surface area (Å²) in [4.78, 5) is 22.6. The monoisotopic (exact) mass is 296 g/mol. The smallest absolute Gasteiger partial charge is 0.315 e. The van der Waals surface area contributed by atoms with Gasteiger partial charge >= 0.3 is 12.0 Å². The minimum absolute atomic E-state index is 0.150. The second-order valence-corrected chi connectivity index (χ2v) is 5.27. The van der Waals surface area contributed by atoms with E-state index in [0.29, 0.717) is 6.42 Å². The van der Waals surface area contributed by atoms with Crippen LogP contribution in [-0.4, -0.2) is 29.2 Å². The lowest BCUT2D eigenvalue weighted by molar-refractivity contribution is -0.141. The molecule has 0 aromatic heterocycles. The Morgan fingerprint density at radius 3 is 2.24 bits per heavy atom. The maximum absolute atomic E-state index is 12.8. The number of rotatable bonds is 6. The highest BCUT2D eigenvalue weighted by Crippen LogP contribution is 2.06. The molecule has 0 aliphatic heterocycles. The van der Waals surface area contributed by atoms with Gasteiger partial charge in [0.1, 0.15) is 5.82 Å². The molecule has 0 radical (unpaired) electrons. The van der Waals surface area contributed by atoms with Gasteiger partial charge in [-0.05, 0) is 44.9 Å². The second kappa shape index (κ2) is 7.61. The van der Waals surface area contributed by atoms with Gasteiger partial charge in [-0.3, -0.25) is 4.79 Å². The largest absolute Gasteiger partial charge is 0.481 e. The van der Waals surface area contributed by atoms with Crippen LogP contribution in [0.3, 0.4) is 0 Å². The Morgan fingerprint density at radius 2 is 1.71 bits per heavy atom. The van der Waals surface area contributed by atoms with Crippen molar-refractivity contribution in [3.63, 3.8) is 0 Å². The molecule has 0 bridgehead atoms. The summed E-state index contributed by atoms with van der Waals surface area (Å²) in [6.45, 7) is 5.01. The minimum atomic E-state index is -0.956. The third-order valence-corrected chi connectivity index (χ3v) is 3.33. The first-order chi connectivity index (χ1) is 9.79. The molecule has 0 fully saturated rings. The number of halogens is 1. The van der Waals surface area contributed by atoms with Gasteiger partial charge in [0.25, 0.3) is 0 Å². The summed E-state index contributed by atoms with van der Waals surface area (Å²) in [5.74, 6) is -1.92. The topological polar surface area (TPSA) is 78.4 Å². The highest BCUT2D eigenvalue weighted by Gasteiger charge is 2.21.